The Morgan fingerprint density at radius 2 is 2.14 bits per heavy atom. The van der Waals surface area contributed by atoms with Gasteiger partial charge in [-0.2, -0.15) is 0 Å². The fourth-order valence-electron chi connectivity index (χ4n) is 2.02. The van der Waals surface area contributed by atoms with Crippen LogP contribution in [-0.2, 0) is 4.79 Å². The second-order valence-corrected chi connectivity index (χ2v) is 5.17. The molecule has 1 amide bonds. The molecule has 0 unspecified atom stereocenters. The summed E-state index contributed by atoms with van der Waals surface area (Å²) >= 11 is 5.88. The number of benzene rings is 2. The highest BCUT2D eigenvalue weighted by Crippen LogP contribution is 2.19. The van der Waals surface area contributed by atoms with Gasteiger partial charge in [0.2, 0.25) is 0 Å². The first-order chi connectivity index (χ1) is 10.6. The van der Waals surface area contributed by atoms with E-state index in [0.29, 0.717) is 21.7 Å². The van der Waals surface area contributed by atoms with Crippen LogP contribution >= 0.6 is 11.6 Å². The fraction of sp³-hybridized carbons (Fsp3) is 0.133. The maximum absolute atomic E-state index is 12.0. The van der Waals surface area contributed by atoms with Crippen molar-refractivity contribution in [3.05, 3.63) is 53.1 Å². The van der Waals surface area contributed by atoms with Crippen LogP contribution in [0, 0.1) is 6.92 Å². The van der Waals surface area contributed by atoms with Crippen LogP contribution in [0.2, 0.25) is 5.02 Å². The van der Waals surface area contributed by atoms with Gasteiger partial charge in [-0.1, -0.05) is 28.6 Å². The summed E-state index contributed by atoms with van der Waals surface area (Å²) in [6.07, 6.45) is 0. The zero-order valence-electron chi connectivity index (χ0n) is 11.8. The van der Waals surface area contributed by atoms with E-state index in [4.69, 9.17) is 16.4 Å². The lowest BCUT2D eigenvalue weighted by Gasteiger charge is -2.09. The Kier molecular flexibility index (Phi) is 3.93. The van der Waals surface area contributed by atoms with E-state index in [1.165, 1.54) is 4.85 Å². The van der Waals surface area contributed by atoms with E-state index in [2.05, 4.69) is 15.6 Å². The van der Waals surface area contributed by atoms with Gasteiger partial charge in [-0.3, -0.25) is 4.79 Å². The Hall–Kier alpha value is -2.60. The van der Waals surface area contributed by atoms with Crippen LogP contribution in [0.15, 0.2) is 42.5 Å². The predicted octanol–water partition coefficient (Wildman–Crippen LogP) is 2.46. The van der Waals surface area contributed by atoms with Crippen molar-refractivity contribution in [1.29, 1.82) is 0 Å². The average Bonchev–Trinajstić information content (AvgIpc) is 2.91. The van der Waals surface area contributed by atoms with E-state index >= 15 is 0 Å². The number of hydrogen-bond acceptors (Lipinski definition) is 4. The molecule has 1 aromatic heterocycles. The highest BCUT2D eigenvalue weighted by Gasteiger charge is 2.09. The molecular weight excluding hydrogens is 304 g/mol. The summed E-state index contributed by atoms with van der Waals surface area (Å²) < 4.78 is 0. The largest absolute Gasteiger partial charge is 0.385 e. The zero-order chi connectivity index (χ0) is 15.5. The van der Waals surface area contributed by atoms with Crippen LogP contribution < -0.4 is 10.2 Å². The number of para-hydroxylation sites is 1. The normalized spacial score (nSPS) is 10.6. The van der Waals surface area contributed by atoms with Gasteiger partial charge in [-0.05, 0) is 48.0 Å². The monoisotopic (exact) mass is 316 g/mol. The minimum atomic E-state index is -0.287. The maximum atomic E-state index is 12.0. The van der Waals surface area contributed by atoms with Gasteiger partial charge < -0.3 is 10.2 Å². The van der Waals surface area contributed by atoms with Gasteiger partial charge in [-0.25, -0.2) is 0 Å². The lowest BCUT2D eigenvalue weighted by Crippen LogP contribution is -2.26. The molecule has 0 radical (unpaired) electrons. The number of carbonyl (C=O) groups excluding carboxylic acids is 1. The van der Waals surface area contributed by atoms with E-state index in [1.54, 1.807) is 18.2 Å². The third-order valence-corrected chi connectivity index (χ3v) is 3.34. The first-order valence-corrected chi connectivity index (χ1v) is 7.01. The van der Waals surface area contributed by atoms with E-state index in [1.807, 2.05) is 31.2 Å². The van der Waals surface area contributed by atoms with Crippen molar-refractivity contribution in [3.8, 4) is 0 Å². The number of carbonyl (C=O) groups is 1. The SMILES string of the molecule is Cc1cc(Cl)ccc1NC(=O)COn1nnc2ccccc21. The van der Waals surface area contributed by atoms with Gasteiger partial charge in [0.1, 0.15) is 11.0 Å². The maximum Gasteiger partial charge on any atom is 0.265 e. The van der Waals surface area contributed by atoms with Crippen LogP contribution in [0.25, 0.3) is 11.0 Å². The molecule has 6 nitrogen and oxygen atoms in total. The summed E-state index contributed by atoms with van der Waals surface area (Å²) in [5.41, 5.74) is 2.99. The third-order valence-electron chi connectivity index (χ3n) is 3.10. The molecule has 0 atom stereocenters. The number of nitrogens with zero attached hydrogens (tertiary/aromatic N) is 3. The highest BCUT2D eigenvalue weighted by molar-refractivity contribution is 6.30. The molecule has 0 saturated heterocycles. The quantitative estimate of drug-likeness (QED) is 0.802. The molecule has 0 aliphatic rings. The van der Waals surface area contributed by atoms with Gasteiger partial charge in [0, 0.05) is 10.7 Å². The highest BCUT2D eigenvalue weighted by atomic mass is 35.5. The second-order valence-electron chi connectivity index (χ2n) is 4.73. The first-order valence-electron chi connectivity index (χ1n) is 6.63. The van der Waals surface area contributed by atoms with Gasteiger partial charge in [-0.15, -0.1) is 5.10 Å². The smallest absolute Gasteiger partial charge is 0.265 e. The first kappa shape index (κ1) is 14.3. The van der Waals surface area contributed by atoms with Gasteiger partial charge in [0.15, 0.2) is 6.61 Å². The molecule has 22 heavy (non-hydrogen) atoms. The number of hydrogen-bond donors (Lipinski definition) is 1. The standard InChI is InChI=1S/C15H13ClN4O2/c1-10-8-11(16)6-7-12(10)17-15(21)9-22-20-14-5-3-2-4-13(14)18-19-20/h2-8H,9H2,1H3,(H,17,21). The summed E-state index contributed by atoms with van der Waals surface area (Å²) in [6.45, 7) is 1.70. The van der Waals surface area contributed by atoms with Crippen molar-refractivity contribution >= 4 is 34.2 Å². The molecule has 0 fully saturated rings. The molecule has 112 valence electrons. The summed E-state index contributed by atoms with van der Waals surface area (Å²) in [6, 6.07) is 12.6. The lowest BCUT2D eigenvalue weighted by molar-refractivity contribution is -0.121. The number of fused-ring (bicyclic) bond motifs is 1. The number of rotatable bonds is 4. The van der Waals surface area contributed by atoms with E-state index in [-0.39, 0.29) is 12.5 Å². The van der Waals surface area contributed by atoms with Crippen LogP contribution in [0.3, 0.4) is 0 Å². The molecule has 0 spiro atoms. The zero-order valence-corrected chi connectivity index (χ0v) is 12.5. The van der Waals surface area contributed by atoms with Gasteiger partial charge >= 0.3 is 0 Å². The Morgan fingerprint density at radius 1 is 1.32 bits per heavy atom. The van der Waals surface area contributed by atoms with E-state index in [9.17, 15) is 4.79 Å². The molecule has 1 heterocycles. The van der Waals surface area contributed by atoms with Crippen LogP contribution in [0.4, 0.5) is 5.69 Å². The molecule has 3 rings (SSSR count). The number of aryl methyl sites for hydroxylation is 1. The molecule has 0 aliphatic heterocycles. The van der Waals surface area contributed by atoms with Gasteiger partial charge in [0.25, 0.3) is 5.91 Å². The third kappa shape index (κ3) is 3.01. The molecule has 0 aliphatic carbocycles. The Morgan fingerprint density at radius 3 is 2.95 bits per heavy atom. The Labute approximate surface area is 131 Å². The van der Waals surface area contributed by atoms with Crippen LogP contribution in [-0.4, -0.2) is 27.7 Å². The number of nitrogens with one attached hydrogen (secondary N) is 1. The number of amides is 1. The number of halogens is 1. The van der Waals surface area contributed by atoms with Crippen molar-refractivity contribution in [2.45, 2.75) is 6.92 Å². The van der Waals surface area contributed by atoms with Crippen LogP contribution in [0.1, 0.15) is 5.56 Å². The molecule has 2 aromatic carbocycles. The Bertz CT molecular complexity index is 831. The number of anilines is 1. The Balaban J connectivity index is 1.65. The average molecular weight is 317 g/mol. The van der Waals surface area contributed by atoms with Crippen molar-refractivity contribution in [3.63, 3.8) is 0 Å². The molecular formula is C15H13ClN4O2. The molecule has 3 aromatic rings. The molecule has 0 bridgehead atoms. The lowest BCUT2D eigenvalue weighted by atomic mass is 10.2. The number of aromatic nitrogens is 3. The summed E-state index contributed by atoms with van der Waals surface area (Å²) in [5.74, 6) is -0.287. The molecule has 0 saturated carbocycles. The fourth-order valence-corrected chi connectivity index (χ4v) is 2.24. The van der Waals surface area contributed by atoms with Crippen LogP contribution in [0.5, 0.6) is 0 Å². The topological polar surface area (TPSA) is 69.0 Å². The van der Waals surface area contributed by atoms with Crippen molar-refractivity contribution in [2.24, 2.45) is 0 Å². The van der Waals surface area contributed by atoms with Crippen molar-refractivity contribution in [1.82, 2.24) is 15.2 Å². The van der Waals surface area contributed by atoms with Crippen molar-refractivity contribution < 1.29 is 9.63 Å². The molecule has 1 N–H and O–H groups in total. The summed E-state index contributed by atoms with van der Waals surface area (Å²) in [5, 5.41) is 11.2. The van der Waals surface area contributed by atoms with E-state index < -0.39 is 0 Å². The summed E-state index contributed by atoms with van der Waals surface area (Å²) in [7, 11) is 0. The predicted molar refractivity (Wildman–Crippen MR) is 83.8 cm³/mol. The minimum absolute atomic E-state index is 0.171. The summed E-state index contributed by atoms with van der Waals surface area (Å²) in [4.78, 5) is 18.6. The minimum Gasteiger partial charge on any atom is -0.385 e. The van der Waals surface area contributed by atoms with Crippen molar-refractivity contribution in [2.75, 3.05) is 11.9 Å². The van der Waals surface area contributed by atoms with Gasteiger partial charge in [0.05, 0.1) is 0 Å². The second kappa shape index (κ2) is 6.03. The molecule has 7 heteroatoms. The van der Waals surface area contributed by atoms with E-state index in [0.717, 1.165) is 5.56 Å².